The summed E-state index contributed by atoms with van der Waals surface area (Å²) >= 11 is 0. The van der Waals surface area contributed by atoms with Gasteiger partial charge in [-0.2, -0.15) is 0 Å². The summed E-state index contributed by atoms with van der Waals surface area (Å²) in [7, 11) is 0. The highest BCUT2D eigenvalue weighted by molar-refractivity contribution is 5.73. The molecule has 0 aromatic heterocycles. The highest BCUT2D eigenvalue weighted by Crippen LogP contribution is 2.19. The molecule has 1 aliphatic heterocycles. The first-order valence-corrected chi connectivity index (χ1v) is 5.84. The second kappa shape index (κ2) is 4.73. The van der Waals surface area contributed by atoms with Crippen LogP contribution in [0.2, 0.25) is 0 Å². The van der Waals surface area contributed by atoms with Crippen molar-refractivity contribution in [2.75, 3.05) is 31.1 Å². The first-order valence-electron chi connectivity index (χ1n) is 5.84. The molecule has 17 heavy (non-hydrogen) atoms. The molecule has 2 rings (SSSR count). The molecular formula is C13H17FN2O. The number of hydrogen-bond donors (Lipinski definition) is 0. The molecule has 0 spiro atoms. The lowest BCUT2D eigenvalue weighted by Crippen LogP contribution is -2.48. The third kappa shape index (κ3) is 2.75. The van der Waals surface area contributed by atoms with Crippen molar-refractivity contribution >= 4 is 11.6 Å². The van der Waals surface area contributed by atoms with E-state index in [4.69, 9.17) is 0 Å². The largest absolute Gasteiger partial charge is 0.368 e. The Balaban J connectivity index is 2.07. The zero-order chi connectivity index (χ0) is 12.4. The molecule has 3 nitrogen and oxygen atoms in total. The maximum atomic E-state index is 13.3. The van der Waals surface area contributed by atoms with Gasteiger partial charge in [0, 0.05) is 38.8 Å². The predicted molar refractivity (Wildman–Crippen MR) is 65.6 cm³/mol. The Morgan fingerprint density at radius 3 is 2.35 bits per heavy atom. The topological polar surface area (TPSA) is 23.6 Å². The lowest BCUT2D eigenvalue weighted by Gasteiger charge is -2.35. The van der Waals surface area contributed by atoms with Crippen LogP contribution >= 0.6 is 0 Å². The molecular weight excluding hydrogens is 219 g/mol. The van der Waals surface area contributed by atoms with Crippen LogP contribution in [0.3, 0.4) is 0 Å². The quantitative estimate of drug-likeness (QED) is 0.742. The van der Waals surface area contributed by atoms with Crippen LogP contribution in [-0.2, 0) is 4.79 Å². The predicted octanol–water partition coefficient (Wildman–Crippen LogP) is 1.80. The lowest BCUT2D eigenvalue weighted by molar-refractivity contribution is -0.129. The van der Waals surface area contributed by atoms with Gasteiger partial charge in [0.2, 0.25) is 5.91 Å². The van der Waals surface area contributed by atoms with Crippen molar-refractivity contribution in [3.8, 4) is 0 Å². The van der Waals surface area contributed by atoms with E-state index in [2.05, 4.69) is 4.90 Å². The molecule has 0 atom stereocenters. The molecule has 0 unspecified atom stereocenters. The molecule has 1 heterocycles. The molecule has 1 aliphatic rings. The standard InChI is InChI=1S/C13H17FN2O/c1-10-7-12(14)9-13(8-10)16-5-3-15(4-6-16)11(2)17/h7-9H,3-6H2,1-2H3. The van der Waals surface area contributed by atoms with Crippen molar-refractivity contribution in [2.45, 2.75) is 13.8 Å². The second-order valence-electron chi connectivity index (χ2n) is 4.48. The summed E-state index contributed by atoms with van der Waals surface area (Å²) in [5.41, 5.74) is 1.83. The third-order valence-corrected chi connectivity index (χ3v) is 3.12. The van der Waals surface area contributed by atoms with Gasteiger partial charge in [0.15, 0.2) is 0 Å². The minimum atomic E-state index is -0.200. The van der Waals surface area contributed by atoms with E-state index in [1.165, 1.54) is 6.07 Å². The second-order valence-corrected chi connectivity index (χ2v) is 4.48. The number of halogens is 1. The van der Waals surface area contributed by atoms with E-state index in [-0.39, 0.29) is 11.7 Å². The molecule has 0 bridgehead atoms. The molecule has 1 fully saturated rings. The van der Waals surface area contributed by atoms with Gasteiger partial charge in [-0.1, -0.05) is 0 Å². The first kappa shape index (κ1) is 11.9. The summed E-state index contributed by atoms with van der Waals surface area (Å²) in [5.74, 6) is -0.0888. The number of anilines is 1. The summed E-state index contributed by atoms with van der Waals surface area (Å²) in [6.45, 7) is 6.43. The molecule has 4 heteroatoms. The average molecular weight is 236 g/mol. The molecule has 0 aliphatic carbocycles. The van der Waals surface area contributed by atoms with Crippen LogP contribution < -0.4 is 4.90 Å². The smallest absolute Gasteiger partial charge is 0.219 e. The first-order chi connectivity index (χ1) is 8.06. The van der Waals surface area contributed by atoms with Gasteiger partial charge in [-0.25, -0.2) is 4.39 Å². The van der Waals surface area contributed by atoms with E-state index in [1.54, 1.807) is 13.0 Å². The van der Waals surface area contributed by atoms with Crippen LogP contribution in [0, 0.1) is 12.7 Å². The molecule has 0 radical (unpaired) electrons. The molecule has 1 saturated heterocycles. The molecule has 1 aromatic rings. The zero-order valence-electron chi connectivity index (χ0n) is 10.2. The van der Waals surface area contributed by atoms with Crippen molar-refractivity contribution in [2.24, 2.45) is 0 Å². The number of hydrogen-bond acceptors (Lipinski definition) is 2. The van der Waals surface area contributed by atoms with Crippen LogP contribution in [0.5, 0.6) is 0 Å². The number of benzene rings is 1. The Kier molecular flexibility index (Phi) is 3.31. The molecule has 92 valence electrons. The number of nitrogens with zero attached hydrogens (tertiary/aromatic N) is 2. The van der Waals surface area contributed by atoms with Crippen LogP contribution in [0.4, 0.5) is 10.1 Å². The Labute approximate surface area is 101 Å². The van der Waals surface area contributed by atoms with E-state index >= 15 is 0 Å². The van der Waals surface area contributed by atoms with Crippen LogP contribution in [-0.4, -0.2) is 37.0 Å². The highest BCUT2D eigenvalue weighted by atomic mass is 19.1. The van der Waals surface area contributed by atoms with Gasteiger partial charge in [0.05, 0.1) is 0 Å². The summed E-state index contributed by atoms with van der Waals surface area (Å²) in [5, 5.41) is 0. The van der Waals surface area contributed by atoms with Crippen molar-refractivity contribution in [1.29, 1.82) is 0 Å². The Hall–Kier alpha value is -1.58. The minimum absolute atomic E-state index is 0.111. The van der Waals surface area contributed by atoms with Crippen molar-refractivity contribution in [1.82, 2.24) is 4.90 Å². The Morgan fingerprint density at radius 2 is 1.82 bits per heavy atom. The van der Waals surface area contributed by atoms with Gasteiger partial charge >= 0.3 is 0 Å². The van der Waals surface area contributed by atoms with E-state index in [9.17, 15) is 9.18 Å². The SMILES string of the molecule is CC(=O)N1CCN(c2cc(C)cc(F)c2)CC1. The van der Waals surface area contributed by atoms with Crippen LogP contribution in [0.1, 0.15) is 12.5 Å². The summed E-state index contributed by atoms with van der Waals surface area (Å²) in [6, 6.07) is 5.05. The zero-order valence-corrected chi connectivity index (χ0v) is 10.2. The fourth-order valence-corrected chi connectivity index (χ4v) is 2.18. The summed E-state index contributed by atoms with van der Waals surface area (Å²) in [6.07, 6.45) is 0. The van der Waals surface area contributed by atoms with Crippen molar-refractivity contribution in [3.63, 3.8) is 0 Å². The molecule has 0 N–H and O–H groups in total. The van der Waals surface area contributed by atoms with Gasteiger partial charge in [0.25, 0.3) is 0 Å². The van der Waals surface area contributed by atoms with Crippen LogP contribution in [0.15, 0.2) is 18.2 Å². The number of carbonyl (C=O) groups excluding carboxylic acids is 1. The third-order valence-electron chi connectivity index (χ3n) is 3.12. The molecule has 0 saturated carbocycles. The van der Waals surface area contributed by atoms with Gasteiger partial charge in [0.1, 0.15) is 5.82 Å². The fourth-order valence-electron chi connectivity index (χ4n) is 2.18. The number of carbonyl (C=O) groups is 1. The summed E-state index contributed by atoms with van der Waals surface area (Å²) in [4.78, 5) is 15.1. The normalized spacial score (nSPS) is 16.2. The van der Waals surface area contributed by atoms with Gasteiger partial charge in [-0.3, -0.25) is 4.79 Å². The maximum absolute atomic E-state index is 13.3. The minimum Gasteiger partial charge on any atom is -0.368 e. The van der Waals surface area contributed by atoms with E-state index in [0.29, 0.717) is 13.1 Å². The fraction of sp³-hybridized carbons (Fsp3) is 0.462. The lowest BCUT2D eigenvalue weighted by atomic mass is 10.2. The Morgan fingerprint density at radius 1 is 1.18 bits per heavy atom. The number of aryl methyl sites for hydroxylation is 1. The van der Waals surface area contributed by atoms with Crippen molar-refractivity contribution < 1.29 is 9.18 Å². The Bertz CT molecular complexity index is 405. The van der Waals surface area contributed by atoms with E-state index < -0.39 is 0 Å². The highest BCUT2D eigenvalue weighted by Gasteiger charge is 2.19. The van der Waals surface area contributed by atoms with E-state index in [0.717, 1.165) is 24.3 Å². The number of piperazine rings is 1. The average Bonchev–Trinajstić information content (AvgIpc) is 2.28. The van der Waals surface area contributed by atoms with Crippen LogP contribution in [0.25, 0.3) is 0 Å². The maximum Gasteiger partial charge on any atom is 0.219 e. The van der Waals surface area contributed by atoms with Crippen molar-refractivity contribution in [3.05, 3.63) is 29.6 Å². The van der Waals surface area contributed by atoms with Gasteiger partial charge in [-0.05, 0) is 30.7 Å². The molecule has 1 aromatic carbocycles. The molecule has 1 amide bonds. The summed E-state index contributed by atoms with van der Waals surface area (Å²) < 4.78 is 13.3. The number of amides is 1. The van der Waals surface area contributed by atoms with Gasteiger partial charge in [-0.15, -0.1) is 0 Å². The number of rotatable bonds is 1. The van der Waals surface area contributed by atoms with Gasteiger partial charge < -0.3 is 9.80 Å². The monoisotopic (exact) mass is 236 g/mol. The van der Waals surface area contributed by atoms with E-state index in [1.807, 2.05) is 17.9 Å².